The second-order valence-electron chi connectivity index (χ2n) is 7.37. The van der Waals surface area contributed by atoms with E-state index < -0.39 is 5.60 Å². The molecule has 2 unspecified atom stereocenters. The van der Waals surface area contributed by atoms with E-state index in [1.165, 1.54) is 24.0 Å². The minimum atomic E-state index is -0.442. The van der Waals surface area contributed by atoms with Crippen LogP contribution in [0.5, 0.6) is 5.75 Å². The Morgan fingerprint density at radius 3 is 3.05 bits per heavy atom. The van der Waals surface area contributed by atoms with Crippen molar-refractivity contribution in [3.63, 3.8) is 0 Å². The zero-order valence-electron chi connectivity index (χ0n) is 13.4. The largest absolute Gasteiger partial charge is 0.493 e. The predicted molar refractivity (Wildman–Crippen MR) is 85.7 cm³/mol. The van der Waals surface area contributed by atoms with Crippen molar-refractivity contribution in [3.8, 4) is 5.75 Å². The van der Waals surface area contributed by atoms with Crippen molar-refractivity contribution in [3.05, 3.63) is 29.3 Å². The van der Waals surface area contributed by atoms with Crippen molar-refractivity contribution in [1.82, 2.24) is 0 Å². The molecule has 21 heavy (non-hydrogen) atoms. The Balaban J connectivity index is 1.61. The van der Waals surface area contributed by atoms with E-state index in [0.717, 1.165) is 44.5 Å². The van der Waals surface area contributed by atoms with E-state index in [2.05, 4.69) is 32.0 Å². The highest BCUT2D eigenvalue weighted by Crippen LogP contribution is 2.39. The normalized spacial score (nSPS) is 28.5. The lowest BCUT2D eigenvalue weighted by molar-refractivity contribution is -0.0308. The summed E-state index contributed by atoms with van der Waals surface area (Å²) in [6.45, 7) is 5.40. The Hall–Kier alpha value is -1.02. The van der Waals surface area contributed by atoms with Crippen molar-refractivity contribution < 1.29 is 9.84 Å². The van der Waals surface area contributed by atoms with Crippen molar-refractivity contribution in [1.29, 1.82) is 0 Å². The van der Waals surface area contributed by atoms with Crippen LogP contribution >= 0.6 is 0 Å². The van der Waals surface area contributed by atoms with Gasteiger partial charge in [0.05, 0.1) is 12.2 Å². The topological polar surface area (TPSA) is 29.5 Å². The molecule has 1 aliphatic heterocycles. The van der Waals surface area contributed by atoms with Crippen LogP contribution in [0.4, 0.5) is 0 Å². The van der Waals surface area contributed by atoms with Crippen LogP contribution in [0, 0.1) is 11.8 Å². The van der Waals surface area contributed by atoms with Crippen LogP contribution < -0.4 is 4.74 Å². The molecular formula is C19H28O2. The van der Waals surface area contributed by atoms with Gasteiger partial charge in [-0.05, 0) is 61.1 Å². The van der Waals surface area contributed by atoms with Crippen LogP contribution in [0.2, 0.25) is 0 Å². The molecule has 0 radical (unpaired) electrons. The molecule has 3 rings (SSSR count). The highest BCUT2D eigenvalue weighted by molar-refractivity contribution is 5.39. The Bertz CT molecular complexity index is 494. The Morgan fingerprint density at radius 2 is 2.24 bits per heavy atom. The summed E-state index contributed by atoms with van der Waals surface area (Å²) in [5.41, 5.74) is 2.24. The number of aryl methyl sites for hydroxylation is 1. The van der Waals surface area contributed by atoms with Crippen molar-refractivity contribution in [2.24, 2.45) is 11.8 Å². The minimum Gasteiger partial charge on any atom is -0.493 e. The molecule has 2 heteroatoms. The summed E-state index contributed by atoms with van der Waals surface area (Å²) < 4.78 is 5.56. The predicted octanol–water partition coefficient (Wildman–Crippen LogP) is 4.13. The van der Waals surface area contributed by atoms with Gasteiger partial charge in [-0.3, -0.25) is 0 Å². The van der Waals surface area contributed by atoms with Crippen LogP contribution in [0.25, 0.3) is 0 Å². The lowest BCUT2D eigenvalue weighted by Crippen LogP contribution is -2.37. The molecule has 0 spiro atoms. The van der Waals surface area contributed by atoms with Gasteiger partial charge in [-0.2, -0.15) is 0 Å². The van der Waals surface area contributed by atoms with Gasteiger partial charge in [0.15, 0.2) is 0 Å². The molecule has 0 saturated heterocycles. The van der Waals surface area contributed by atoms with Gasteiger partial charge in [0.2, 0.25) is 0 Å². The molecule has 0 amide bonds. The molecule has 0 bridgehead atoms. The summed E-state index contributed by atoms with van der Waals surface area (Å²) in [5, 5.41) is 10.9. The first-order chi connectivity index (χ1) is 10.1. The molecule has 2 aliphatic rings. The fraction of sp³-hybridized carbons (Fsp3) is 0.684. The summed E-state index contributed by atoms with van der Waals surface area (Å²) in [7, 11) is 0. The molecule has 2 atom stereocenters. The van der Waals surface area contributed by atoms with Gasteiger partial charge < -0.3 is 9.84 Å². The van der Waals surface area contributed by atoms with Gasteiger partial charge in [0.1, 0.15) is 5.75 Å². The van der Waals surface area contributed by atoms with Crippen molar-refractivity contribution in [2.75, 3.05) is 6.61 Å². The quantitative estimate of drug-likeness (QED) is 0.902. The summed E-state index contributed by atoms with van der Waals surface area (Å²) >= 11 is 0. The third-order valence-electron chi connectivity index (χ3n) is 5.43. The van der Waals surface area contributed by atoms with Gasteiger partial charge in [-0.1, -0.05) is 32.4 Å². The first-order valence-corrected chi connectivity index (χ1v) is 8.53. The zero-order chi connectivity index (χ0) is 14.9. The standard InChI is InChI=1S/C19H28O2/c1-14(2)17-4-3-9-19(20,13-17)10-7-15-5-6-18-16(12-15)8-11-21-18/h5-6,12,14,17,20H,3-4,7-11,13H2,1-2H3. The number of benzene rings is 1. The molecule has 1 heterocycles. The molecular weight excluding hydrogens is 260 g/mol. The number of hydrogen-bond acceptors (Lipinski definition) is 2. The van der Waals surface area contributed by atoms with E-state index in [-0.39, 0.29) is 0 Å². The number of hydrogen-bond donors (Lipinski definition) is 1. The van der Waals surface area contributed by atoms with Gasteiger partial charge in [0, 0.05) is 6.42 Å². The molecule has 1 N–H and O–H groups in total. The summed E-state index contributed by atoms with van der Waals surface area (Å²) in [6.07, 6.45) is 7.34. The molecule has 2 nitrogen and oxygen atoms in total. The Labute approximate surface area is 128 Å². The maximum Gasteiger partial charge on any atom is 0.122 e. The third kappa shape index (κ3) is 3.42. The third-order valence-corrected chi connectivity index (χ3v) is 5.43. The van der Waals surface area contributed by atoms with Gasteiger partial charge >= 0.3 is 0 Å². The molecule has 1 fully saturated rings. The number of ether oxygens (including phenoxy) is 1. The summed E-state index contributed by atoms with van der Waals surface area (Å²) in [5.74, 6) is 2.43. The number of rotatable bonds is 4. The fourth-order valence-corrected chi connectivity index (χ4v) is 3.95. The highest BCUT2D eigenvalue weighted by Gasteiger charge is 2.34. The average Bonchev–Trinajstić information content (AvgIpc) is 2.93. The van der Waals surface area contributed by atoms with Crippen LogP contribution in [0.3, 0.4) is 0 Å². The molecule has 116 valence electrons. The van der Waals surface area contributed by atoms with Crippen LogP contribution in [-0.2, 0) is 12.8 Å². The average molecular weight is 288 g/mol. The van der Waals surface area contributed by atoms with Crippen molar-refractivity contribution in [2.45, 2.75) is 64.4 Å². The Morgan fingerprint density at radius 1 is 1.38 bits per heavy atom. The second-order valence-corrected chi connectivity index (χ2v) is 7.37. The maximum atomic E-state index is 10.9. The van der Waals surface area contributed by atoms with Crippen LogP contribution in [-0.4, -0.2) is 17.3 Å². The summed E-state index contributed by atoms with van der Waals surface area (Å²) in [6, 6.07) is 6.53. The first kappa shape index (κ1) is 14.9. The van der Waals surface area contributed by atoms with E-state index in [0.29, 0.717) is 11.8 Å². The zero-order valence-corrected chi connectivity index (χ0v) is 13.4. The van der Waals surface area contributed by atoms with E-state index >= 15 is 0 Å². The lowest BCUT2D eigenvalue weighted by Gasteiger charge is -2.38. The van der Waals surface area contributed by atoms with E-state index in [1.54, 1.807) is 0 Å². The van der Waals surface area contributed by atoms with Gasteiger partial charge in [0.25, 0.3) is 0 Å². The second kappa shape index (κ2) is 6.00. The van der Waals surface area contributed by atoms with Crippen LogP contribution in [0.1, 0.15) is 57.1 Å². The monoisotopic (exact) mass is 288 g/mol. The fourth-order valence-electron chi connectivity index (χ4n) is 3.95. The molecule has 1 aliphatic carbocycles. The molecule has 1 aromatic carbocycles. The van der Waals surface area contributed by atoms with Gasteiger partial charge in [-0.25, -0.2) is 0 Å². The van der Waals surface area contributed by atoms with E-state index in [4.69, 9.17) is 4.74 Å². The van der Waals surface area contributed by atoms with E-state index in [9.17, 15) is 5.11 Å². The minimum absolute atomic E-state index is 0.442. The van der Waals surface area contributed by atoms with E-state index in [1.807, 2.05) is 0 Å². The molecule has 0 aromatic heterocycles. The Kier molecular flexibility index (Phi) is 4.26. The summed E-state index contributed by atoms with van der Waals surface area (Å²) in [4.78, 5) is 0. The first-order valence-electron chi connectivity index (χ1n) is 8.53. The molecule has 1 saturated carbocycles. The SMILES string of the molecule is CC(C)C1CCCC(O)(CCc2ccc3c(c2)CCO3)C1. The highest BCUT2D eigenvalue weighted by atomic mass is 16.5. The maximum absolute atomic E-state index is 10.9. The van der Waals surface area contributed by atoms with Gasteiger partial charge in [-0.15, -0.1) is 0 Å². The molecule has 1 aromatic rings. The van der Waals surface area contributed by atoms with Crippen LogP contribution in [0.15, 0.2) is 18.2 Å². The number of aliphatic hydroxyl groups is 1. The smallest absolute Gasteiger partial charge is 0.122 e. The lowest BCUT2D eigenvalue weighted by atomic mass is 9.72. The number of fused-ring (bicyclic) bond motifs is 1. The van der Waals surface area contributed by atoms with Crippen molar-refractivity contribution >= 4 is 0 Å².